The lowest BCUT2D eigenvalue weighted by Gasteiger charge is -2.30. The summed E-state index contributed by atoms with van der Waals surface area (Å²) in [6.45, 7) is 3.58. The third-order valence-corrected chi connectivity index (χ3v) is 6.69. The number of hydrogen-bond acceptors (Lipinski definition) is 4. The Kier molecular flexibility index (Phi) is 5.68. The largest absolute Gasteiger partial charge is 0.372 e. The van der Waals surface area contributed by atoms with Crippen molar-refractivity contribution >= 4 is 28.8 Å². The lowest BCUT2D eigenvalue weighted by molar-refractivity contribution is -0.120. The van der Waals surface area contributed by atoms with Crippen LogP contribution in [-0.4, -0.2) is 42.9 Å². The molecule has 32 heavy (non-hydrogen) atoms. The van der Waals surface area contributed by atoms with Gasteiger partial charge < -0.3 is 9.80 Å². The number of piperidine rings is 2. The Balaban J connectivity index is 1.49. The van der Waals surface area contributed by atoms with Gasteiger partial charge in [0.15, 0.2) is 0 Å². The third-order valence-electron chi connectivity index (χ3n) is 6.69. The number of anilines is 2. The van der Waals surface area contributed by atoms with Gasteiger partial charge in [0.1, 0.15) is 11.5 Å². The molecule has 166 valence electrons. The van der Waals surface area contributed by atoms with Crippen LogP contribution in [0.15, 0.2) is 54.2 Å². The molecular formula is C26H28FN3O2. The van der Waals surface area contributed by atoms with Gasteiger partial charge in [-0.05, 0) is 80.5 Å². The second-order valence-corrected chi connectivity index (χ2v) is 8.79. The van der Waals surface area contributed by atoms with Crippen molar-refractivity contribution in [1.82, 2.24) is 4.90 Å². The number of carbonyl (C=O) groups excluding carboxylic acids is 2. The van der Waals surface area contributed by atoms with E-state index in [0.717, 1.165) is 51.1 Å². The van der Waals surface area contributed by atoms with Gasteiger partial charge in [-0.3, -0.25) is 9.59 Å². The molecule has 2 amide bonds. The topological polar surface area (TPSA) is 43.9 Å². The Bertz CT molecular complexity index is 1030. The van der Waals surface area contributed by atoms with Gasteiger partial charge in [0.2, 0.25) is 0 Å². The van der Waals surface area contributed by atoms with Crippen LogP contribution in [0.2, 0.25) is 0 Å². The van der Waals surface area contributed by atoms with Crippen LogP contribution in [0.4, 0.5) is 15.8 Å². The van der Waals surface area contributed by atoms with Gasteiger partial charge in [-0.2, -0.15) is 0 Å². The number of nitrogens with zero attached hydrogens (tertiary/aromatic N) is 3. The molecule has 2 aromatic rings. The fraction of sp³-hybridized carbons (Fsp3) is 0.385. The molecule has 0 bridgehead atoms. The molecule has 0 unspecified atom stereocenters. The summed E-state index contributed by atoms with van der Waals surface area (Å²) in [4.78, 5) is 32.8. The van der Waals surface area contributed by atoms with Gasteiger partial charge in [-0.25, -0.2) is 9.29 Å². The lowest BCUT2D eigenvalue weighted by atomic mass is 10.0. The highest BCUT2D eigenvalue weighted by Crippen LogP contribution is 2.36. The molecule has 0 aromatic heterocycles. The van der Waals surface area contributed by atoms with Crippen molar-refractivity contribution in [2.24, 2.45) is 0 Å². The van der Waals surface area contributed by atoms with Crippen LogP contribution < -0.4 is 9.80 Å². The van der Waals surface area contributed by atoms with Crippen LogP contribution in [0.3, 0.4) is 0 Å². The standard InChI is InChI=1S/C26H28FN3O2/c27-20-9-7-19(8-10-20)23-24(29-17-5-2-6-18-29)26(32)30(25(23)31)22-13-11-21(12-14-22)28-15-3-1-4-16-28/h7-14H,1-6,15-18H2. The highest BCUT2D eigenvalue weighted by atomic mass is 19.1. The van der Waals surface area contributed by atoms with E-state index in [2.05, 4.69) is 4.90 Å². The van der Waals surface area contributed by atoms with Gasteiger partial charge in [-0.1, -0.05) is 12.1 Å². The number of benzene rings is 2. The maximum Gasteiger partial charge on any atom is 0.282 e. The highest BCUT2D eigenvalue weighted by molar-refractivity contribution is 6.45. The van der Waals surface area contributed by atoms with Gasteiger partial charge in [-0.15, -0.1) is 0 Å². The molecule has 0 saturated carbocycles. The first kappa shape index (κ1) is 20.7. The van der Waals surface area contributed by atoms with E-state index < -0.39 is 0 Å². The van der Waals surface area contributed by atoms with Crippen LogP contribution in [0.5, 0.6) is 0 Å². The Labute approximate surface area is 188 Å². The summed E-state index contributed by atoms with van der Waals surface area (Å²) in [6, 6.07) is 13.6. The van der Waals surface area contributed by atoms with E-state index >= 15 is 0 Å². The summed E-state index contributed by atoms with van der Waals surface area (Å²) >= 11 is 0. The average molecular weight is 434 g/mol. The molecule has 2 saturated heterocycles. The van der Waals surface area contributed by atoms with Gasteiger partial charge in [0.05, 0.1) is 11.3 Å². The highest BCUT2D eigenvalue weighted by Gasteiger charge is 2.42. The number of amides is 2. The molecule has 0 radical (unpaired) electrons. The van der Waals surface area contributed by atoms with Crippen LogP contribution in [0.25, 0.3) is 5.57 Å². The number of rotatable bonds is 4. The molecule has 2 aromatic carbocycles. The number of halogens is 1. The maximum atomic E-state index is 13.6. The zero-order valence-corrected chi connectivity index (χ0v) is 18.2. The Morgan fingerprint density at radius 3 is 1.72 bits per heavy atom. The molecular weight excluding hydrogens is 405 g/mol. The fourth-order valence-electron chi connectivity index (χ4n) is 5.00. The van der Waals surface area contributed by atoms with Gasteiger partial charge in [0.25, 0.3) is 11.8 Å². The van der Waals surface area contributed by atoms with E-state index in [1.54, 1.807) is 12.1 Å². The number of hydrogen-bond donors (Lipinski definition) is 0. The van der Waals surface area contributed by atoms with Crippen LogP contribution >= 0.6 is 0 Å². The van der Waals surface area contributed by atoms with E-state index in [1.807, 2.05) is 29.2 Å². The van der Waals surface area contributed by atoms with E-state index in [0.29, 0.717) is 22.5 Å². The Hall–Kier alpha value is -3.15. The van der Waals surface area contributed by atoms with Crippen LogP contribution in [0.1, 0.15) is 44.1 Å². The second-order valence-electron chi connectivity index (χ2n) is 8.79. The molecule has 6 heteroatoms. The van der Waals surface area contributed by atoms with Crippen molar-refractivity contribution in [3.05, 3.63) is 65.6 Å². The molecule has 0 spiro atoms. The van der Waals surface area contributed by atoms with Crippen molar-refractivity contribution < 1.29 is 14.0 Å². The van der Waals surface area contributed by atoms with Crippen molar-refractivity contribution in [2.75, 3.05) is 36.0 Å². The number of carbonyl (C=O) groups is 2. The van der Waals surface area contributed by atoms with Crippen molar-refractivity contribution in [1.29, 1.82) is 0 Å². The first-order valence-electron chi connectivity index (χ1n) is 11.6. The molecule has 3 aliphatic heterocycles. The maximum absolute atomic E-state index is 13.6. The van der Waals surface area contributed by atoms with E-state index in [-0.39, 0.29) is 17.6 Å². The first-order valence-corrected chi connectivity index (χ1v) is 11.6. The van der Waals surface area contributed by atoms with Gasteiger partial charge >= 0.3 is 0 Å². The summed E-state index contributed by atoms with van der Waals surface area (Å²) in [7, 11) is 0. The monoisotopic (exact) mass is 433 g/mol. The van der Waals surface area contributed by atoms with Crippen LogP contribution in [-0.2, 0) is 9.59 Å². The minimum atomic E-state index is -0.365. The molecule has 3 aliphatic rings. The third kappa shape index (κ3) is 3.78. The van der Waals surface area contributed by atoms with E-state index in [9.17, 15) is 14.0 Å². The minimum Gasteiger partial charge on any atom is -0.372 e. The summed E-state index contributed by atoms with van der Waals surface area (Å²) in [5.74, 6) is -0.995. The summed E-state index contributed by atoms with van der Waals surface area (Å²) in [5, 5.41) is 0. The van der Waals surface area contributed by atoms with Gasteiger partial charge in [0, 0.05) is 31.9 Å². The van der Waals surface area contributed by atoms with Crippen molar-refractivity contribution in [3.8, 4) is 0 Å². The smallest absolute Gasteiger partial charge is 0.282 e. The minimum absolute atomic E-state index is 0.290. The molecule has 5 nitrogen and oxygen atoms in total. The fourth-order valence-corrected chi connectivity index (χ4v) is 5.00. The molecule has 2 fully saturated rings. The predicted octanol–water partition coefficient (Wildman–Crippen LogP) is 4.59. The average Bonchev–Trinajstić information content (AvgIpc) is 3.11. The lowest BCUT2D eigenvalue weighted by Crippen LogP contribution is -2.37. The van der Waals surface area contributed by atoms with E-state index in [4.69, 9.17) is 0 Å². The predicted molar refractivity (Wildman–Crippen MR) is 124 cm³/mol. The zero-order valence-electron chi connectivity index (χ0n) is 18.2. The summed E-state index contributed by atoms with van der Waals surface area (Å²) in [6.07, 6.45) is 6.75. The van der Waals surface area contributed by atoms with Crippen LogP contribution in [0, 0.1) is 5.82 Å². The second kappa shape index (κ2) is 8.77. The molecule has 5 rings (SSSR count). The zero-order chi connectivity index (χ0) is 22.1. The normalized spacial score (nSPS) is 19.8. The van der Waals surface area contributed by atoms with Crippen molar-refractivity contribution in [2.45, 2.75) is 38.5 Å². The number of imide groups is 1. The molecule has 3 heterocycles. The Morgan fingerprint density at radius 1 is 0.594 bits per heavy atom. The SMILES string of the molecule is O=C1C(c2ccc(F)cc2)=C(N2CCCCC2)C(=O)N1c1ccc(N2CCCCC2)cc1. The summed E-state index contributed by atoms with van der Waals surface area (Å²) < 4.78 is 13.5. The Morgan fingerprint density at radius 2 is 1.12 bits per heavy atom. The first-order chi connectivity index (χ1) is 15.6. The molecule has 0 N–H and O–H groups in total. The number of likely N-dealkylation sites (tertiary alicyclic amines) is 1. The molecule has 0 atom stereocenters. The van der Waals surface area contributed by atoms with Crippen molar-refractivity contribution in [3.63, 3.8) is 0 Å². The quantitative estimate of drug-likeness (QED) is 0.662. The van der Waals surface area contributed by atoms with E-state index in [1.165, 1.54) is 36.3 Å². The molecule has 0 aliphatic carbocycles. The summed E-state index contributed by atoms with van der Waals surface area (Å²) in [5.41, 5.74) is 3.10.